The summed E-state index contributed by atoms with van der Waals surface area (Å²) < 4.78 is 0. The number of carbonyl (C=O) groups excluding carboxylic acids is 5. The minimum absolute atomic E-state index is 0.0826. The van der Waals surface area contributed by atoms with Gasteiger partial charge >= 0.3 is 5.97 Å². The maximum absolute atomic E-state index is 12.8. The number of hydrogen-bond donors (Lipinski definition) is 9. The van der Waals surface area contributed by atoms with Crippen molar-refractivity contribution in [2.45, 2.75) is 82.1 Å². The molecule has 13 N–H and O–H groups in total. The molecular weight excluding hydrogens is 466 g/mol. The topological polar surface area (TPSA) is 283 Å². The fourth-order valence-corrected chi connectivity index (χ4v) is 2.93. The molecule has 15 nitrogen and oxygen atoms in total. The van der Waals surface area contributed by atoms with Crippen LogP contribution < -0.4 is 38.9 Å². The summed E-state index contributed by atoms with van der Waals surface area (Å²) in [5.41, 5.74) is 21.2. The number of rotatable bonds is 18. The molecule has 5 unspecified atom stereocenters. The Kier molecular flexibility index (Phi) is 14.8. The molecular formula is C20H37N7O8. The number of primary amides is 2. The number of nitrogens with two attached hydrogens (primary N) is 4. The van der Waals surface area contributed by atoms with Crippen LogP contribution in [-0.2, 0) is 28.8 Å². The highest BCUT2D eigenvalue weighted by Gasteiger charge is 2.32. The molecule has 0 aromatic heterocycles. The number of unbranched alkanes of at least 4 members (excludes halogenated alkanes) is 1. The second-order valence-electron chi connectivity index (χ2n) is 8.09. The molecule has 0 rings (SSSR count). The molecule has 35 heavy (non-hydrogen) atoms. The minimum Gasteiger partial charge on any atom is -0.480 e. The van der Waals surface area contributed by atoms with Crippen molar-refractivity contribution in [3.63, 3.8) is 0 Å². The minimum atomic E-state index is -1.57. The van der Waals surface area contributed by atoms with E-state index >= 15 is 0 Å². The molecule has 200 valence electrons. The fourth-order valence-electron chi connectivity index (χ4n) is 2.93. The Morgan fingerprint density at radius 3 is 1.80 bits per heavy atom. The summed E-state index contributed by atoms with van der Waals surface area (Å²) in [7, 11) is 0. The normalized spacial score (nSPS) is 15.1. The van der Waals surface area contributed by atoms with Crippen LogP contribution in [0.1, 0.15) is 51.9 Å². The highest BCUT2D eigenvalue weighted by atomic mass is 16.4. The number of carboxylic acids is 1. The highest BCUT2D eigenvalue weighted by molar-refractivity contribution is 5.94. The van der Waals surface area contributed by atoms with Crippen molar-refractivity contribution in [2.24, 2.45) is 22.9 Å². The molecule has 15 heteroatoms. The van der Waals surface area contributed by atoms with E-state index in [4.69, 9.17) is 22.9 Å². The number of aliphatic hydroxyl groups is 1. The van der Waals surface area contributed by atoms with Gasteiger partial charge in [-0.3, -0.25) is 24.0 Å². The average Bonchev–Trinajstić information content (AvgIpc) is 2.76. The number of amides is 5. The lowest BCUT2D eigenvalue weighted by Crippen LogP contribution is -2.59. The summed E-state index contributed by atoms with van der Waals surface area (Å²) >= 11 is 0. The lowest BCUT2D eigenvalue weighted by Gasteiger charge is -2.26. The third-order valence-electron chi connectivity index (χ3n) is 4.98. The van der Waals surface area contributed by atoms with Crippen molar-refractivity contribution in [2.75, 3.05) is 6.54 Å². The van der Waals surface area contributed by atoms with Gasteiger partial charge in [0, 0.05) is 12.8 Å². The number of carboxylic acid groups (broad SMARTS) is 1. The molecule has 0 aromatic rings. The third kappa shape index (κ3) is 13.2. The van der Waals surface area contributed by atoms with Gasteiger partial charge in [-0.05, 0) is 45.6 Å². The zero-order valence-corrected chi connectivity index (χ0v) is 19.7. The van der Waals surface area contributed by atoms with Gasteiger partial charge in [0.2, 0.25) is 29.5 Å². The maximum Gasteiger partial charge on any atom is 0.326 e. The van der Waals surface area contributed by atoms with Crippen LogP contribution >= 0.6 is 0 Å². The van der Waals surface area contributed by atoms with Crippen LogP contribution in [0.15, 0.2) is 0 Å². The predicted octanol–water partition coefficient (Wildman–Crippen LogP) is -4.11. The van der Waals surface area contributed by atoms with Gasteiger partial charge in [0.25, 0.3) is 0 Å². The zero-order chi connectivity index (χ0) is 27.1. The summed E-state index contributed by atoms with van der Waals surface area (Å²) in [4.78, 5) is 71.3. The number of hydrogen-bond acceptors (Lipinski definition) is 9. The van der Waals surface area contributed by atoms with E-state index in [9.17, 15) is 39.0 Å². The van der Waals surface area contributed by atoms with Crippen LogP contribution in [0, 0.1) is 0 Å². The first kappa shape index (κ1) is 31.7. The van der Waals surface area contributed by atoms with E-state index in [0.717, 1.165) is 0 Å². The van der Waals surface area contributed by atoms with E-state index in [1.807, 2.05) is 0 Å². The summed E-state index contributed by atoms with van der Waals surface area (Å²) in [5.74, 6) is -5.47. The van der Waals surface area contributed by atoms with E-state index in [0.29, 0.717) is 19.4 Å². The number of nitrogens with one attached hydrogen (secondary N) is 3. The van der Waals surface area contributed by atoms with Gasteiger partial charge in [0.15, 0.2) is 0 Å². The molecule has 0 aliphatic rings. The molecule has 0 saturated heterocycles. The second-order valence-corrected chi connectivity index (χ2v) is 8.09. The summed E-state index contributed by atoms with van der Waals surface area (Å²) in [5, 5.41) is 26.2. The first-order valence-electron chi connectivity index (χ1n) is 11.1. The van der Waals surface area contributed by atoms with Gasteiger partial charge in [-0.15, -0.1) is 0 Å². The average molecular weight is 504 g/mol. The van der Waals surface area contributed by atoms with Crippen LogP contribution in [0.2, 0.25) is 0 Å². The molecule has 0 heterocycles. The Morgan fingerprint density at radius 2 is 1.31 bits per heavy atom. The molecule has 0 aromatic carbocycles. The first-order chi connectivity index (χ1) is 16.3. The monoisotopic (exact) mass is 503 g/mol. The summed E-state index contributed by atoms with van der Waals surface area (Å²) in [6.45, 7) is 1.54. The summed E-state index contributed by atoms with van der Waals surface area (Å²) in [6.07, 6.45) is -1.21. The Hall–Kier alpha value is -3.30. The van der Waals surface area contributed by atoms with E-state index in [-0.39, 0.29) is 32.1 Å². The molecule has 0 bridgehead atoms. The van der Waals surface area contributed by atoms with Gasteiger partial charge in [-0.25, -0.2) is 4.79 Å². The molecule has 0 radical (unpaired) electrons. The quantitative estimate of drug-likeness (QED) is 0.0814. The van der Waals surface area contributed by atoms with Crippen molar-refractivity contribution in [3.05, 3.63) is 0 Å². The molecule has 5 atom stereocenters. The van der Waals surface area contributed by atoms with Gasteiger partial charge in [-0.2, -0.15) is 0 Å². The molecule has 0 aliphatic carbocycles. The van der Waals surface area contributed by atoms with Crippen molar-refractivity contribution in [1.82, 2.24) is 16.0 Å². The lowest BCUT2D eigenvalue weighted by molar-refractivity contribution is -0.143. The van der Waals surface area contributed by atoms with Gasteiger partial charge in [0.1, 0.15) is 18.1 Å². The van der Waals surface area contributed by atoms with Crippen LogP contribution in [0.3, 0.4) is 0 Å². The van der Waals surface area contributed by atoms with E-state index < -0.39 is 65.8 Å². The number of aliphatic hydroxyl groups excluding tert-OH is 1. The number of carbonyl (C=O) groups is 6. The molecule has 0 fully saturated rings. The van der Waals surface area contributed by atoms with Gasteiger partial charge < -0.3 is 49.1 Å². The largest absolute Gasteiger partial charge is 0.480 e. The maximum atomic E-state index is 12.8. The molecule has 5 amide bonds. The van der Waals surface area contributed by atoms with Crippen LogP contribution in [-0.4, -0.2) is 82.5 Å². The fraction of sp³-hybridized carbons (Fsp3) is 0.700. The van der Waals surface area contributed by atoms with Crippen molar-refractivity contribution < 1.29 is 39.0 Å². The number of aliphatic carboxylic acids is 1. The van der Waals surface area contributed by atoms with Crippen LogP contribution in [0.5, 0.6) is 0 Å². The molecule has 0 spiro atoms. The van der Waals surface area contributed by atoms with Crippen molar-refractivity contribution in [1.29, 1.82) is 0 Å². The lowest BCUT2D eigenvalue weighted by atomic mass is 10.1. The Morgan fingerprint density at radius 1 is 0.771 bits per heavy atom. The van der Waals surface area contributed by atoms with Crippen molar-refractivity contribution >= 4 is 35.5 Å². The van der Waals surface area contributed by atoms with Crippen molar-refractivity contribution in [3.8, 4) is 0 Å². The highest BCUT2D eigenvalue weighted by Crippen LogP contribution is 2.05. The third-order valence-corrected chi connectivity index (χ3v) is 4.98. The Labute approximate surface area is 202 Å². The van der Waals surface area contributed by atoms with E-state index in [2.05, 4.69) is 16.0 Å². The van der Waals surface area contributed by atoms with E-state index in [1.54, 1.807) is 0 Å². The second kappa shape index (κ2) is 16.3. The van der Waals surface area contributed by atoms with Gasteiger partial charge in [-0.1, -0.05) is 0 Å². The summed E-state index contributed by atoms with van der Waals surface area (Å²) in [6, 6.07) is -5.41. The predicted molar refractivity (Wildman–Crippen MR) is 123 cm³/mol. The Bertz CT molecular complexity index is 762. The SMILES string of the molecule is CC(O)C(NC(=O)C(CCC(N)=O)NC(=O)C(N)CCC(N)=O)C(=O)NC(CCCCN)C(=O)O. The van der Waals surface area contributed by atoms with E-state index in [1.165, 1.54) is 6.92 Å². The Balaban J connectivity index is 5.42. The smallest absolute Gasteiger partial charge is 0.326 e. The van der Waals surface area contributed by atoms with Gasteiger partial charge in [0.05, 0.1) is 12.1 Å². The molecule has 0 aliphatic heterocycles. The van der Waals surface area contributed by atoms with Crippen LogP contribution in [0.4, 0.5) is 0 Å². The van der Waals surface area contributed by atoms with Crippen LogP contribution in [0.25, 0.3) is 0 Å². The zero-order valence-electron chi connectivity index (χ0n) is 19.7. The standard InChI is InChI=1S/C20H37N7O8/c1-10(28)16(19(33)26-13(20(34)35)4-2-3-9-21)27-18(32)12(6-8-15(24)30)25-17(31)11(22)5-7-14(23)29/h10-13,16,28H,2-9,21-22H2,1H3,(H2,23,29)(H2,24,30)(H,25,31)(H,26,33)(H,27,32)(H,34,35). The molecule has 0 saturated carbocycles. The first-order valence-corrected chi connectivity index (χ1v) is 11.1.